The highest BCUT2D eigenvalue weighted by Gasteiger charge is 2.18. The van der Waals surface area contributed by atoms with Crippen LogP contribution in [0.3, 0.4) is 0 Å². The number of aliphatic hydroxyl groups is 1. The van der Waals surface area contributed by atoms with Crippen LogP contribution in [0.15, 0.2) is 36.4 Å². The molecular weight excluding hydrogens is 274 g/mol. The quantitative estimate of drug-likeness (QED) is 0.819. The molecule has 0 heterocycles. The Bertz CT molecular complexity index is 487. The van der Waals surface area contributed by atoms with Gasteiger partial charge >= 0.3 is 0 Å². The van der Waals surface area contributed by atoms with Crippen LogP contribution in [0.5, 0.6) is 0 Å². The van der Waals surface area contributed by atoms with Gasteiger partial charge in [-0.3, -0.25) is 4.79 Å². The fourth-order valence-corrected chi connectivity index (χ4v) is 2.59. The minimum atomic E-state index is -0.597. The molecule has 0 aliphatic heterocycles. The average molecular weight is 294 g/mol. The maximum absolute atomic E-state index is 11.9. The number of halogens is 1. The average Bonchev–Trinajstić information content (AvgIpc) is 2.48. The maximum atomic E-state index is 11.9. The molecule has 1 aliphatic carbocycles. The summed E-state index contributed by atoms with van der Waals surface area (Å²) in [5.41, 5.74) is 0.785. The Hall–Kier alpha value is -1.32. The monoisotopic (exact) mass is 293 g/mol. The van der Waals surface area contributed by atoms with Gasteiger partial charge in [0, 0.05) is 17.5 Å². The molecule has 0 saturated heterocycles. The van der Waals surface area contributed by atoms with Crippen LogP contribution in [0.25, 0.3) is 0 Å². The van der Waals surface area contributed by atoms with E-state index in [0.29, 0.717) is 18.0 Å². The number of rotatable bonds is 5. The molecule has 1 aromatic carbocycles. The number of hydrogen-bond acceptors (Lipinski definition) is 2. The van der Waals surface area contributed by atoms with Crippen LogP contribution < -0.4 is 5.32 Å². The van der Waals surface area contributed by atoms with Crippen LogP contribution >= 0.6 is 11.6 Å². The van der Waals surface area contributed by atoms with Gasteiger partial charge in [0.2, 0.25) is 5.91 Å². The second-order valence-electron chi connectivity index (χ2n) is 5.13. The first-order valence-corrected chi connectivity index (χ1v) is 7.41. The molecule has 1 amide bonds. The van der Waals surface area contributed by atoms with E-state index in [4.69, 9.17) is 11.6 Å². The zero-order chi connectivity index (χ0) is 14.4. The van der Waals surface area contributed by atoms with Gasteiger partial charge in [0.1, 0.15) is 0 Å². The number of allylic oxidation sites excluding steroid dienone is 2. The summed E-state index contributed by atoms with van der Waals surface area (Å²) in [6.07, 6.45) is 6.79. The Morgan fingerprint density at radius 1 is 1.45 bits per heavy atom. The van der Waals surface area contributed by atoms with Gasteiger partial charge in [-0.2, -0.15) is 0 Å². The van der Waals surface area contributed by atoms with Gasteiger partial charge in [-0.1, -0.05) is 35.9 Å². The number of aliphatic hydroxyl groups excluding tert-OH is 1. The van der Waals surface area contributed by atoms with Crippen LogP contribution in [0.4, 0.5) is 0 Å². The first-order chi connectivity index (χ1) is 9.66. The van der Waals surface area contributed by atoms with E-state index < -0.39 is 6.10 Å². The highest BCUT2D eigenvalue weighted by Crippen LogP contribution is 2.20. The van der Waals surface area contributed by atoms with Crippen LogP contribution in [-0.2, 0) is 4.79 Å². The van der Waals surface area contributed by atoms with E-state index in [1.807, 2.05) is 12.1 Å². The Labute approximate surface area is 124 Å². The third kappa shape index (κ3) is 4.36. The smallest absolute Gasteiger partial charge is 0.223 e. The summed E-state index contributed by atoms with van der Waals surface area (Å²) in [5, 5.41) is 13.6. The van der Waals surface area contributed by atoms with E-state index in [2.05, 4.69) is 17.5 Å². The van der Waals surface area contributed by atoms with Gasteiger partial charge in [0.05, 0.1) is 6.10 Å². The topological polar surface area (TPSA) is 49.3 Å². The summed E-state index contributed by atoms with van der Waals surface area (Å²) in [7, 11) is 0. The maximum Gasteiger partial charge on any atom is 0.223 e. The Balaban J connectivity index is 1.75. The van der Waals surface area contributed by atoms with Gasteiger partial charge in [0.15, 0.2) is 0 Å². The molecule has 20 heavy (non-hydrogen) atoms. The van der Waals surface area contributed by atoms with E-state index in [-0.39, 0.29) is 11.8 Å². The Morgan fingerprint density at radius 2 is 2.30 bits per heavy atom. The number of hydrogen-bond donors (Lipinski definition) is 2. The second-order valence-corrected chi connectivity index (χ2v) is 5.57. The molecule has 4 heteroatoms. The van der Waals surface area contributed by atoms with E-state index in [1.165, 1.54) is 0 Å². The van der Waals surface area contributed by atoms with Crippen molar-refractivity contribution in [3.05, 3.63) is 47.0 Å². The van der Waals surface area contributed by atoms with Gasteiger partial charge in [-0.15, -0.1) is 0 Å². The number of amides is 1. The second kappa shape index (κ2) is 7.46. The molecule has 0 spiro atoms. The van der Waals surface area contributed by atoms with Crippen molar-refractivity contribution in [2.24, 2.45) is 5.92 Å². The standard InChI is InChI=1S/C16H20ClNO2/c17-14-8-4-7-13(11-14)15(19)9-10-18-16(20)12-5-2-1-3-6-12/h1-2,4,7-8,11-12,15,19H,3,5-6,9-10H2,(H,18,20)/t12-,15-/m1/s1. The highest BCUT2D eigenvalue weighted by molar-refractivity contribution is 6.30. The SMILES string of the molecule is O=C(NCC[C@@H](O)c1cccc(Cl)c1)[C@@H]1CC=CCC1. The van der Waals surface area contributed by atoms with Crippen LogP contribution in [0.1, 0.15) is 37.4 Å². The van der Waals surface area contributed by atoms with E-state index in [9.17, 15) is 9.90 Å². The van der Waals surface area contributed by atoms with Gasteiger partial charge in [-0.25, -0.2) is 0 Å². The number of carbonyl (C=O) groups excluding carboxylic acids is 1. The molecule has 0 aromatic heterocycles. The lowest BCUT2D eigenvalue weighted by atomic mass is 9.93. The van der Waals surface area contributed by atoms with Gasteiger partial charge in [-0.05, 0) is 43.4 Å². The summed E-state index contributed by atoms with van der Waals surface area (Å²) in [4.78, 5) is 11.9. The fourth-order valence-electron chi connectivity index (χ4n) is 2.39. The minimum absolute atomic E-state index is 0.0864. The van der Waals surface area contributed by atoms with Crippen molar-refractivity contribution in [2.45, 2.75) is 31.8 Å². The largest absolute Gasteiger partial charge is 0.388 e. The van der Waals surface area contributed by atoms with Gasteiger partial charge in [0.25, 0.3) is 0 Å². The molecule has 3 nitrogen and oxygen atoms in total. The molecule has 0 fully saturated rings. The van der Waals surface area contributed by atoms with Crippen molar-refractivity contribution in [2.75, 3.05) is 6.54 Å². The lowest BCUT2D eigenvalue weighted by Crippen LogP contribution is -2.32. The normalized spacial score (nSPS) is 19.6. The molecule has 1 aromatic rings. The number of carbonyl (C=O) groups is 1. The summed E-state index contributed by atoms with van der Waals surface area (Å²) in [5.74, 6) is 0.177. The van der Waals surface area contributed by atoms with Gasteiger partial charge < -0.3 is 10.4 Å². The van der Waals surface area contributed by atoms with Crippen LogP contribution in [-0.4, -0.2) is 17.6 Å². The third-order valence-corrected chi connectivity index (χ3v) is 3.83. The van der Waals surface area contributed by atoms with Crippen LogP contribution in [0, 0.1) is 5.92 Å². The Morgan fingerprint density at radius 3 is 3.00 bits per heavy atom. The molecule has 0 radical (unpaired) electrons. The molecule has 0 saturated carbocycles. The molecule has 0 unspecified atom stereocenters. The highest BCUT2D eigenvalue weighted by atomic mass is 35.5. The summed E-state index contributed by atoms with van der Waals surface area (Å²) >= 11 is 5.89. The van der Waals surface area contributed by atoms with E-state index >= 15 is 0 Å². The number of benzene rings is 1. The lowest BCUT2D eigenvalue weighted by molar-refractivity contribution is -0.125. The van der Waals surface area contributed by atoms with Crippen molar-refractivity contribution in [1.29, 1.82) is 0 Å². The third-order valence-electron chi connectivity index (χ3n) is 3.59. The molecule has 2 atom stereocenters. The molecule has 2 N–H and O–H groups in total. The van der Waals surface area contributed by atoms with Crippen molar-refractivity contribution in [3.63, 3.8) is 0 Å². The first kappa shape index (κ1) is 15.1. The van der Waals surface area contributed by atoms with Crippen molar-refractivity contribution >= 4 is 17.5 Å². The number of nitrogens with one attached hydrogen (secondary N) is 1. The predicted molar refractivity (Wildman–Crippen MR) is 80.5 cm³/mol. The van der Waals surface area contributed by atoms with Crippen molar-refractivity contribution in [3.8, 4) is 0 Å². The summed E-state index contributed by atoms with van der Waals surface area (Å²) in [6.45, 7) is 0.479. The summed E-state index contributed by atoms with van der Waals surface area (Å²) < 4.78 is 0. The zero-order valence-corrected chi connectivity index (χ0v) is 12.1. The molecule has 108 valence electrons. The zero-order valence-electron chi connectivity index (χ0n) is 11.4. The summed E-state index contributed by atoms with van der Waals surface area (Å²) in [6, 6.07) is 7.17. The molecule has 2 rings (SSSR count). The predicted octanol–water partition coefficient (Wildman–Crippen LogP) is 3.24. The lowest BCUT2D eigenvalue weighted by Gasteiger charge is -2.18. The van der Waals surface area contributed by atoms with Crippen LogP contribution in [0.2, 0.25) is 5.02 Å². The molecule has 1 aliphatic rings. The Kier molecular flexibility index (Phi) is 5.62. The van der Waals surface area contributed by atoms with Crippen molar-refractivity contribution in [1.82, 2.24) is 5.32 Å². The van der Waals surface area contributed by atoms with E-state index in [1.54, 1.807) is 12.1 Å². The first-order valence-electron chi connectivity index (χ1n) is 7.03. The van der Waals surface area contributed by atoms with Crippen molar-refractivity contribution < 1.29 is 9.90 Å². The molecule has 0 bridgehead atoms. The molecular formula is C16H20ClNO2. The minimum Gasteiger partial charge on any atom is -0.388 e. The van der Waals surface area contributed by atoms with E-state index in [0.717, 1.165) is 24.8 Å². The fraction of sp³-hybridized carbons (Fsp3) is 0.438.